The van der Waals surface area contributed by atoms with Crippen molar-refractivity contribution in [3.8, 4) is 23.1 Å². The minimum atomic E-state index is -0.369. The number of hydrazone groups is 1. The van der Waals surface area contributed by atoms with Gasteiger partial charge in [0.05, 0.1) is 33.6 Å². The van der Waals surface area contributed by atoms with E-state index in [-0.39, 0.29) is 22.6 Å². The van der Waals surface area contributed by atoms with Crippen LogP contribution in [0.5, 0.6) is 5.75 Å². The molecule has 10 heteroatoms. The third-order valence-corrected chi connectivity index (χ3v) is 7.48. The number of thiazole rings is 1. The van der Waals surface area contributed by atoms with Crippen LogP contribution in [0.4, 0.5) is 10.8 Å². The Morgan fingerprint density at radius 1 is 1.05 bits per heavy atom. The number of carbonyl (C=O) groups is 1. The Hall–Kier alpha value is -4.68. The van der Waals surface area contributed by atoms with Crippen molar-refractivity contribution in [1.29, 1.82) is 5.26 Å². The van der Waals surface area contributed by atoms with Gasteiger partial charge in [0.15, 0.2) is 10.9 Å². The summed E-state index contributed by atoms with van der Waals surface area (Å²) < 4.78 is 5.79. The highest BCUT2D eigenvalue weighted by Gasteiger charge is 2.12. The lowest BCUT2D eigenvalue weighted by Crippen LogP contribution is -2.17. The summed E-state index contributed by atoms with van der Waals surface area (Å²) in [5.41, 5.74) is 8.65. The molecule has 2 N–H and O–H groups in total. The quantitative estimate of drug-likeness (QED) is 0.129. The molecular formula is C32H23Cl2N5O2S. The van der Waals surface area contributed by atoms with Crippen LogP contribution in [-0.2, 0) is 6.61 Å². The summed E-state index contributed by atoms with van der Waals surface area (Å²) in [6.07, 6.45) is 1.44. The van der Waals surface area contributed by atoms with E-state index < -0.39 is 0 Å². The van der Waals surface area contributed by atoms with Gasteiger partial charge in [0.1, 0.15) is 6.61 Å². The summed E-state index contributed by atoms with van der Waals surface area (Å²) in [6, 6.07) is 27.7. The first-order valence-electron chi connectivity index (χ1n) is 12.7. The molecule has 0 atom stereocenters. The van der Waals surface area contributed by atoms with Crippen LogP contribution in [0.3, 0.4) is 0 Å². The van der Waals surface area contributed by atoms with Crippen LogP contribution in [0.25, 0.3) is 11.3 Å². The first-order chi connectivity index (χ1) is 20.4. The molecule has 0 aliphatic carbocycles. The first kappa shape index (κ1) is 28.8. The standard InChI is InChI=1S/C32H23Cl2N5O2S/c1-20-6-12-26(13-7-20)37-32-38-29(19-42-32)22-8-10-23(11-9-22)31(40)39-36-17-21-14-27(33)30(28(34)15-21)41-18-25-5-3-2-4-24(25)16-35/h2-15,17,19H,18H2,1H3,(H,37,38)(H,39,40)/b36-17-. The van der Waals surface area contributed by atoms with Crippen molar-refractivity contribution in [2.24, 2.45) is 5.10 Å². The Kier molecular flexibility index (Phi) is 9.15. The number of rotatable bonds is 9. The maximum atomic E-state index is 12.6. The van der Waals surface area contributed by atoms with Crippen LogP contribution in [0.15, 0.2) is 95.4 Å². The Balaban J connectivity index is 1.17. The van der Waals surface area contributed by atoms with Gasteiger partial charge in [-0.3, -0.25) is 4.79 Å². The number of nitrogens with one attached hydrogen (secondary N) is 2. The second-order valence-electron chi connectivity index (χ2n) is 9.18. The van der Waals surface area contributed by atoms with Gasteiger partial charge in [-0.15, -0.1) is 11.3 Å². The number of anilines is 2. The van der Waals surface area contributed by atoms with E-state index in [0.29, 0.717) is 22.4 Å². The van der Waals surface area contributed by atoms with E-state index >= 15 is 0 Å². The average molecular weight is 613 g/mol. The number of nitrogens with zero attached hydrogens (tertiary/aromatic N) is 3. The fraction of sp³-hybridized carbons (Fsp3) is 0.0625. The highest BCUT2D eigenvalue weighted by molar-refractivity contribution is 7.14. The fourth-order valence-electron chi connectivity index (χ4n) is 3.94. The van der Waals surface area contributed by atoms with Crippen LogP contribution in [0, 0.1) is 18.3 Å². The van der Waals surface area contributed by atoms with Crippen LogP contribution < -0.4 is 15.5 Å². The van der Waals surface area contributed by atoms with E-state index in [2.05, 4.69) is 26.9 Å². The topological polar surface area (TPSA) is 99.4 Å². The van der Waals surface area contributed by atoms with Gasteiger partial charge in [-0.25, -0.2) is 10.4 Å². The number of aryl methyl sites for hydroxylation is 1. The maximum absolute atomic E-state index is 12.6. The highest BCUT2D eigenvalue weighted by atomic mass is 35.5. The van der Waals surface area contributed by atoms with Gasteiger partial charge in [-0.2, -0.15) is 10.4 Å². The van der Waals surface area contributed by atoms with E-state index in [1.54, 1.807) is 42.5 Å². The molecule has 208 valence electrons. The van der Waals surface area contributed by atoms with E-state index in [1.165, 1.54) is 23.1 Å². The largest absolute Gasteiger partial charge is 0.486 e. The summed E-state index contributed by atoms with van der Waals surface area (Å²) in [5, 5.41) is 19.9. The Morgan fingerprint density at radius 2 is 1.76 bits per heavy atom. The zero-order valence-corrected chi connectivity index (χ0v) is 24.6. The van der Waals surface area contributed by atoms with Gasteiger partial charge >= 0.3 is 0 Å². The van der Waals surface area contributed by atoms with Crippen molar-refractivity contribution in [2.45, 2.75) is 13.5 Å². The van der Waals surface area contributed by atoms with Crippen molar-refractivity contribution < 1.29 is 9.53 Å². The van der Waals surface area contributed by atoms with Gasteiger partial charge < -0.3 is 10.1 Å². The van der Waals surface area contributed by atoms with Gasteiger partial charge in [-0.05, 0) is 55.0 Å². The molecule has 0 unspecified atom stereocenters. The van der Waals surface area contributed by atoms with Crippen LogP contribution in [0.2, 0.25) is 10.0 Å². The molecule has 1 amide bonds. The molecule has 0 aliphatic rings. The lowest BCUT2D eigenvalue weighted by atomic mass is 10.1. The van der Waals surface area contributed by atoms with Crippen molar-refractivity contribution in [2.75, 3.05) is 5.32 Å². The van der Waals surface area contributed by atoms with Gasteiger partial charge in [0.25, 0.3) is 5.91 Å². The molecule has 0 saturated carbocycles. The lowest BCUT2D eigenvalue weighted by molar-refractivity contribution is 0.0955. The first-order valence-corrected chi connectivity index (χ1v) is 14.4. The van der Waals surface area contributed by atoms with Gasteiger partial charge in [0.2, 0.25) is 0 Å². The third-order valence-electron chi connectivity index (χ3n) is 6.16. The SMILES string of the molecule is Cc1ccc(Nc2nc(-c3ccc(C(=O)N/N=C\c4cc(Cl)c(OCc5ccccc5C#N)c(Cl)c4)cc3)cs2)cc1. The van der Waals surface area contributed by atoms with E-state index in [1.807, 2.05) is 54.8 Å². The molecule has 1 aromatic heterocycles. The number of amides is 1. The number of nitriles is 1. The summed E-state index contributed by atoms with van der Waals surface area (Å²) in [5.74, 6) is -0.0726. The molecule has 42 heavy (non-hydrogen) atoms. The Bertz CT molecular complexity index is 1770. The summed E-state index contributed by atoms with van der Waals surface area (Å²) >= 11 is 14.3. The second kappa shape index (κ2) is 13.3. The molecule has 4 aromatic carbocycles. The number of carbonyl (C=O) groups excluding carboxylic acids is 1. The molecule has 7 nitrogen and oxygen atoms in total. The Morgan fingerprint density at radius 3 is 2.48 bits per heavy atom. The average Bonchev–Trinajstić information content (AvgIpc) is 3.46. The van der Waals surface area contributed by atoms with E-state index in [4.69, 9.17) is 27.9 Å². The molecule has 0 aliphatic heterocycles. The zero-order chi connectivity index (χ0) is 29.5. The van der Waals surface area contributed by atoms with E-state index in [0.717, 1.165) is 27.6 Å². The number of halogens is 2. The van der Waals surface area contributed by atoms with Crippen molar-refractivity contribution >= 4 is 57.5 Å². The summed E-state index contributed by atoms with van der Waals surface area (Å²) in [4.78, 5) is 17.3. The van der Waals surface area contributed by atoms with Crippen LogP contribution in [-0.4, -0.2) is 17.1 Å². The maximum Gasteiger partial charge on any atom is 0.271 e. The monoisotopic (exact) mass is 611 g/mol. The summed E-state index contributed by atoms with van der Waals surface area (Å²) in [7, 11) is 0. The molecule has 5 aromatic rings. The van der Waals surface area contributed by atoms with Gasteiger partial charge in [0, 0.05) is 27.8 Å². The van der Waals surface area contributed by atoms with Crippen molar-refractivity contribution in [1.82, 2.24) is 10.4 Å². The predicted octanol–water partition coefficient (Wildman–Crippen LogP) is 8.38. The smallest absolute Gasteiger partial charge is 0.271 e. The summed E-state index contributed by atoms with van der Waals surface area (Å²) in [6.45, 7) is 2.18. The second-order valence-corrected chi connectivity index (χ2v) is 10.8. The minimum absolute atomic E-state index is 0.138. The molecule has 0 radical (unpaired) electrons. The molecule has 0 spiro atoms. The number of benzene rings is 4. The molecule has 0 saturated heterocycles. The molecule has 0 bridgehead atoms. The number of hydrogen-bond acceptors (Lipinski definition) is 7. The minimum Gasteiger partial charge on any atom is -0.486 e. The van der Waals surface area contributed by atoms with Crippen LogP contribution >= 0.6 is 34.5 Å². The molecule has 0 fully saturated rings. The Labute approximate surface area is 257 Å². The number of aromatic nitrogens is 1. The predicted molar refractivity (Wildman–Crippen MR) is 169 cm³/mol. The van der Waals surface area contributed by atoms with Gasteiger partial charge in [-0.1, -0.05) is 71.2 Å². The van der Waals surface area contributed by atoms with Crippen molar-refractivity contribution in [3.63, 3.8) is 0 Å². The fourth-order valence-corrected chi connectivity index (χ4v) is 5.30. The molecule has 1 heterocycles. The number of ether oxygens (including phenoxy) is 1. The van der Waals surface area contributed by atoms with Crippen molar-refractivity contribution in [3.05, 3.63) is 128 Å². The van der Waals surface area contributed by atoms with E-state index in [9.17, 15) is 10.1 Å². The number of hydrogen-bond donors (Lipinski definition) is 2. The molecular weight excluding hydrogens is 589 g/mol. The highest BCUT2D eigenvalue weighted by Crippen LogP contribution is 2.34. The third kappa shape index (κ3) is 7.14. The lowest BCUT2D eigenvalue weighted by Gasteiger charge is -2.11. The molecule has 5 rings (SSSR count). The normalized spacial score (nSPS) is 10.8. The van der Waals surface area contributed by atoms with Crippen LogP contribution in [0.1, 0.15) is 32.6 Å². The zero-order valence-electron chi connectivity index (χ0n) is 22.3.